The molecular formula is C8H12F3NO3. The first-order valence-corrected chi connectivity index (χ1v) is 4.58. The van der Waals surface area contributed by atoms with Crippen molar-refractivity contribution in [1.82, 2.24) is 5.06 Å². The van der Waals surface area contributed by atoms with Crippen molar-refractivity contribution in [3.05, 3.63) is 0 Å². The van der Waals surface area contributed by atoms with Crippen LogP contribution >= 0.6 is 0 Å². The summed E-state index contributed by atoms with van der Waals surface area (Å²) in [4.78, 5) is 14.4. The van der Waals surface area contributed by atoms with Crippen LogP contribution in [-0.2, 0) is 9.63 Å². The fourth-order valence-electron chi connectivity index (χ4n) is 1.33. The van der Waals surface area contributed by atoms with E-state index in [9.17, 15) is 18.0 Å². The van der Waals surface area contributed by atoms with Gasteiger partial charge < -0.3 is 9.94 Å². The van der Waals surface area contributed by atoms with Crippen LogP contribution in [0.25, 0.3) is 0 Å². The average Bonchev–Trinajstić information content (AvgIpc) is 2.06. The van der Waals surface area contributed by atoms with E-state index in [0.29, 0.717) is 19.5 Å². The number of aliphatic hydroxyl groups is 1. The Morgan fingerprint density at radius 2 is 2.07 bits per heavy atom. The van der Waals surface area contributed by atoms with Gasteiger partial charge in [-0.15, -0.1) is 5.06 Å². The molecule has 1 saturated heterocycles. The van der Waals surface area contributed by atoms with Gasteiger partial charge in [-0.05, 0) is 18.8 Å². The van der Waals surface area contributed by atoms with E-state index >= 15 is 0 Å². The lowest BCUT2D eigenvalue weighted by atomic mass is 9.97. The number of hydrogen-bond donors (Lipinski definition) is 1. The van der Waals surface area contributed by atoms with E-state index in [1.54, 1.807) is 0 Å². The Kier molecular flexibility index (Phi) is 3.92. The maximum Gasteiger partial charge on any atom is 0.492 e. The van der Waals surface area contributed by atoms with Crippen LogP contribution in [0.15, 0.2) is 0 Å². The average molecular weight is 227 g/mol. The van der Waals surface area contributed by atoms with Crippen LogP contribution < -0.4 is 0 Å². The molecule has 7 heteroatoms. The number of nitrogens with zero attached hydrogens (tertiary/aromatic N) is 1. The largest absolute Gasteiger partial charge is 0.492 e. The number of hydrogen-bond acceptors (Lipinski definition) is 4. The molecule has 1 rings (SSSR count). The standard InChI is InChI=1S/C8H12F3NO3/c9-8(10,11)7(14)15-12-4-6(5-12)2-1-3-13/h6,13H,1-5H2. The molecule has 88 valence electrons. The Balaban J connectivity index is 2.15. The molecule has 0 atom stereocenters. The third kappa shape index (κ3) is 3.67. The molecular weight excluding hydrogens is 215 g/mol. The fourth-order valence-corrected chi connectivity index (χ4v) is 1.33. The summed E-state index contributed by atoms with van der Waals surface area (Å²) in [7, 11) is 0. The van der Waals surface area contributed by atoms with Crippen molar-refractivity contribution in [2.45, 2.75) is 19.0 Å². The number of alkyl halides is 3. The molecule has 4 nitrogen and oxygen atoms in total. The minimum absolute atomic E-state index is 0.0683. The van der Waals surface area contributed by atoms with Crippen molar-refractivity contribution in [1.29, 1.82) is 0 Å². The number of rotatable bonds is 4. The fraction of sp³-hybridized carbons (Fsp3) is 0.875. The van der Waals surface area contributed by atoms with Crippen molar-refractivity contribution >= 4 is 5.97 Å². The van der Waals surface area contributed by atoms with Crippen LogP contribution in [0.1, 0.15) is 12.8 Å². The van der Waals surface area contributed by atoms with E-state index < -0.39 is 12.1 Å². The zero-order valence-electron chi connectivity index (χ0n) is 7.96. The van der Waals surface area contributed by atoms with Gasteiger partial charge in [0, 0.05) is 19.7 Å². The van der Waals surface area contributed by atoms with Crippen LogP contribution in [-0.4, -0.2) is 42.0 Å². The van der Waals surface area contributed by atoms with Gasteiger partial charge in [-0.25, -0.2) is 4.79 Å². The van der Waals surface area contributed by atoms with Crippen LogP contribution in [0.2, 0.25) is 0 Å². The van der Waals surface area contributed by atoms with Crippen molar-refractivity contribution in [3.63, 3.8) is 0 Å². The second-order valence-corrected chi connectivity index (χ2v) is 3.46. The lowest BCUT2D eigenvalue weighted by Gasteiger charge is -2.37. The first-order valence-electron chi connectivity index (χ1n) is 4.58. The third-order valence-electron chi connectivity index (χ3n) is 2.14. The topological polar surface area (TPSA) is 49.8 Å². The lowest BCUT2D eigenvalue weighted by Crippen LogP contribution is -2.49. The predicted octanol–water partition coefficient (Wildman–Crippen LogP) is 0.711. The molecule has 0 saturated carbocycles. The van der Waals surface area contributed by atoms with Gasteiger partial charge in [0.25, 0.3) is 0 Å². The van der Waals surface area contributed by atoms with Crippen LogP contribution in [0.3, 0.4) is 0 Å². The number of hydroxylamine groups is 2. The molecule has 0 radical (unpaired) electrons. The van der Waals surface area contributed by atoms with Crippen LogP contribution in [0, 0.1) is 5.92 Å². The molecule has 0 aromatic carbocycles. The summed E-state index contributed by atoms with van der Waals surface area (Å²) in [6, 6.07) is 0. The van der Waals surface area contributed by atoms with E-state index in [0.717, 1.165) is 11.5 Å². The van der Waals surface area contributed by atoms with E-state index in [1.165, 1.54) is 0 Å². The molecule has 0 unspecified atom stereocenters. The number of halogens is 3. The van der Waals surface area contributed by atoms with Gasteiger partial charge in [0.15, 0.2) is 0 Å². The predicted molar refractivity (Wildman–Crippen MR) is 43.5 cm³/mol. The third-order valence-corrected chi connectivity index (χ3v) is 2.14. The summed E-state index contributed by atoms with van der Waals surface area (Å²) in [6.45, 7) is 0.683. The minimum Gasteiger partial charge on any atom is -0.396 e. The van der Waals surface area contributed by atoms with Crippen LogP contribution in [0.4, 0.5) is 13.2 Å². The quantitative estimate of drug-likeness (QED) is 0.768. The Morgan fingerprint density at radius 1 is 1.47 bits per heavy atom. The molecule has 0 bridgehead atoms. The zero-order chi connectivity index (χ0) is 11.5. The smallest absolute Gasteiger partial charge is 0.396 e. The van der Waals surface area contributed by atoms with Gasteiger partial charge in [0.05, 0.1) is 0 Å². The highest BCUT2D eigenvalue weighted by Crippen LogP contribution is 2.24. The Hall–Kier alpha value is -0.820. The molecule has 0 aromatic heterocycles. The van der Waals surface area contributed by atoms with Gasteiger partial charge >= 0.3 is 12.1 Å². The summed E-state index contributed by atoms with van der Waals surface area (Å²) in [5.74, 6) is -1.97. The molecule has 0 spiro atoms. The number of carbonyl (C=O) groups is 1. The molecule has 1 N–H and O–H groups in total. The number of carbonyl (C=O) groups excluding carboxylic acids is 1. The molecule has 1 fully saturated rings. The maximum absolute atomic E-state index is 11.7. The van der Waals surface area contributed by atoms with E-state index in [4.69, 9.17) is 5.11 Å². The highest BCUT2D eigenvalue weighted by Gasteiger charge is 2.44. The van der Waals surface area contributed by atoms with Crippen molar-refractivity contribution in [2.75, 3.05) is 19.7 Å². The second-order valence-electron chi connectivity index (χ2n) is 3.46. The van der Waals surface area contributed by atoms with E-state index in [2.05, 4.69) is 4.84 Å². The Bertz CT molecular complexity index is 226. The Labute approximate surface area is 84.6 Å². The summed E-state index contributed by atoms with van der Waals surface area (Å²) in [5.41, 5.74) is 0. The molecule has 0 aromatic rings. The van der Waals surface area contributed by atoms with Gasteiger partial charge in [0.2, 0.25) is 0 Å². The normalized spacial score (nSPS) is 18.7. The monoisotopic (exact) mass is 227 g/mol. The van der Waals surface area contributed by atoms with E-state index in [1.807, 2.05) is 0 Å². The minimum atomic E-state index is -4.93. The highest BCUT2D eigenvalue weighted by molar-refractivity contribution is 5.75. The van der Waals surface area contributed by atoms with Gasteiger partial charge in [-0.2, -0.15) is 13.2 Å². The van der Waals surface area contributed by atoms with Crippen LogP contribution in [0.5, 0.6) is 0 Å². The molecule has 1 aliphatic rings. The molecule has 15 heavy (non-hydrogen) atoms. The first-order chi connectivity index (χ1) is 6.93. The Morgan fingerprint density at radius 3 is 2.53 bits per heavy atom. The van der Waals surface area contributed by atoms with E-state index in [-0.39, 0.29) is 12.5 Å². The molecule has 0 aliphatic carbocycles. The van der Waals surface area contributed by atoms with Gasteiger partial charge in [0.1, 0.15) is 0 Å². The lowest BCUT2D eigenvalue weighted by molar-refractivity contribution is -0.258. The number of aliphatic hydroxyl groups excluding tert-OH is 1. The highest BCUT2D eigenvalue weighted by atomic mass is 19.4. The summed E-state index contributed by atoms with van der Waals surface area (Å²) >= 11 is 0. The van der Waals surface area contributed by atoms with Crippen molar-refractivity contribution in [2.24, 2.45) is 5.92 Å². The zero-order valence-corrected chi connectivity index (χ0v) is 7.96. The van der Waals surface area contributed by atoms with Crippen molar-refractivity contribution in [3.8, 4) is 0 Å². The second kappa shape index (κ2) is 4.80. The molecule has 1 aliphatic heterocycles. The van der Waals surface area contributed by atoms with Crippen molar-refractivity contribution < 1.29 is 27.9 Å². The SMILES string of the molecule is O=C(ON1CC(CCCO)C1)C(F)(F)F. The summed E-state index contributed by atoms with van der Waals surface area (Å²) < 4.78 is 35.2. The summed E-state index contributed by atoms with van der Waals surface area (Å²) in [6.07, 6.45) is -3.58. The van der Waals surface area contributed by atoms with Gasteiger partial charge in [-0.1, -0.05) is 0 Å². The first kappa shape index (κ1) is 12.3. The summed E-state index contributed by atoms with van der Waals surface area (Å²) in [5, 5.41) is 9.49. The molecule has 0 amide bonds. The van der Waals surface area contributed by atoms with Gasteiger partial charge in [-0.3, -0.25) is 0 Å². The maximum atomic E-state index is 11.7. The molecule has 1 heterocycles.